The number of rotatable bonds is 6. The largest absolute Gasteiger partial charge is 0.344 e. The van der Waals surface area contributed by atoms with Gasteiger partial charge in [0, 0.05) is 53.1 Å². The van der Waals surface area contributed by atoms with Crippen LogP contribution < -0.4 is 0 Å². The molecule has 0 aromatic carbocycles. The van der Waals surface area contributed by atoms with Gasteiger partial charge in [-0.2, -0.15) is 4.98 Å². The summed E-state index contributed by atoms with van der Waals surface area (Å²) in [7, 11) is 1.83. The van der Waals surface area contributed by atoms with Gasteiger partial charge in [0.15, 0.2) is 5.82 Å². The van der Waals surface area contributed by atoms with Gasteiger partial charge in [0.25, 0.3) is 0 Å². The lowest BCUT2D eigenvalue weighted by Gasteiger charge is -2.34. The Kier molecular flexibility index (Phi) is 5.69. The van der Waals surface area contributed by atoms with Gasteiger partial charge in [-0.05, 0) is 6.54 Å². The summed E-state index contributed by atoms with van der Waals surface area (Å²) >= 11 is 0. The van der Waals surface area contributed by atoms with Crippen molar-refractivity contribution in [3.8, 4) is 0 Å². The molecule has 1 aliphatic heterocycles. The second kappa shape index (κ2) is 7.51. The minimum absolute atomic E-state index is 0.153. The molecule has 2 rings (SSSR count). The molecule has 118 valence electrons. The first-order chi connectivity index (χ1) is 10.1. The Labute approximate surface area is 125 Å². The normalized spacial score (nSPS) is 17.1. The van der Waals surface area contributed by atoms with Gasteiger partial charge in [0.05, 0.1) is 6.54 Å². The number of aromatic nitrogens is 2. The minimum Gasteiger partial charge on any atom is -0.344 e. The smallest absolute Gasteiger partial charge is 0.236 e. The summed E-state index contributed by atoms with van der Waals surface area (Å²) in [6.45, 7) is 10.2. The van der Waals surface area contributed by atoms with Crippen LogP contribution >= 0.6 is 0 Å². The Bertz CT molecular complexity index is 454. The van der Waals surface area contributed by atoms with Crippen LogP contribution in [0.3, 0.4) is 0 Å². The summed E-state index contributed by atoms with van der Waals surface area (Å²) in [5, 5.41) is 3.84. The summed E-state index contributed by atoms with van der Waals surface area (Å²) in [5.41, 5.74) is 0. The van der Waals surface area contributed by atoms with E-state index in [4.69, 9.17) is 4.52 Å². The highest BCUT2D eigenvalue weighted by atomic mass is 16.5. The Morgan fingerprint density at radius 3 is 2.52 bits per heavy atom. The molecule has 1 aromatic rings. The van der Waals surface area contributed by atoms with Crippen LogP contribution in [0, 0.1) is 6.92 Å². The SMILES string of the molecule is CCN1CCN(CC(=O)N(C)CCc2noc(C)n2)CC1. The van der Waals surface area contributed by atoms with E-state index in [9.17, 15) is 4.79 Å². The molecule has 0 N–H and O–H groups in total. The van der Waals surface area contributed by atoms with E-state index in [-0.39, 0.29) is 5.91 Å². The molecular weight excluding hydrogens is 270 g/mol. The molecule has 1 aliphatic rings. The first-order valence-electron chi connectivity index (χ1n) is 7.56. The van der Waals surface area contributed by atoms with Gasteiger partial charge in [-0.25, -0.2) is 0 Å². The predicted molar refractivity (Wildman–Crippen MR) is 78.9 cm³/mol. The third-order valence-corrected chi connectivity index (χ3v) is 3.94. The van der Waals surface area contributed by atoms with Crippen LogP contribution in [0.15, 0.2) is 4.52 Å². The maximum Gasteiger partial charge on any atom is 0.236 e. The third-order valence-electron chi connectivity index (χ3n) is 3.94. The van der Waals surface area contributed by atoms with Crippen LogP contribution in [0.2, 0.25) is 0 Å². The molecular formula is C14H25N5O2. The molecule has 0 spiro atoms. The lowest BCUT2D eigenvalue weighted by molar-refractivity contribution is -0.131. The van der Waals surface area contributed by atoms with Crippen LogP contribution in [0.1, 0.15) is 18.6 Å². The molecule has 1 aromatic heterocycles. The van der Waals surface area contributed by atoms with E-state index in [0.29, 0.717) is 31.2 Å². The number of hydrogen-bond acceptors (Lipinski definition) is 6. The molecule has 1 fully saturated rings. The topological polar surface area (TPSA) is 65.7 Å². The van der Waals surface area contributed by atoms with Gasteiger partial charge in [0.2, 0.25) is 11.8 Å². The Balaban J connectivity index is 1.70. The zero-order valence-electron chi connectivity index (χ0n) is 13.2. The van der Waals surface area contributed by atoms with Gasteiger partial charge in [-0.15, -0.1) is 0 Å². The van der Waals surface area contributed by atoms with Gasteiger partial charge in [-0.3, -0.25) is 9.69 Å². The quantitative estimate of drug-likeness (QED) is 0.737. The Morgan fingerprint density at radius 1 is 1.29 bits per heavy atom. The van der Waals surface area contributed by atoms with Crippen molar-refractivity contribution in [3.05, 3.63) is 11.7 Å². The molecule has 1 saturated heterocycles. The van der Waals surface area contributed by atoms with Crippen LogP contribution in [0.5, 0.6) is 0 Å². The lowest BCUT2D eigenvalue weighted by atomic mass is 10.3. The average molecular weight is 295 g/mol. The van der Waals surface area contributed by atoms with E-state index < -0.39 is 0 Å². The van der Waals surface area contributed by atoms with E-state index in [1.165, 1.54) is 0 Å². The van der Waals surface area contributed by atoms with Crippen molar-refractivity contribution >= 4 is 5.91 Å². The highest BCUT2D eigenvalue weighted by Gasteiger charge is 2.19. The highest BCUT2D eigenvalue weighted by molar-refractivity contribution is 5.78. The highest BCUT2D eigenvalue weighted by Crippen LogP contribution is 2.03. The molecule has 7 nitrogen and oxygen atoms in total. The maximum atomic E-state index is 12.2. The zero-order chi connectivity index (χ0) is 15.2. The van der Waals surface area contributed by atoms with Gasteiger partial charge in [0.1, 0.15) is 0 Å². The lowest BCUT2D eigenvalue weighted by Crippen LogP contribution is -2.49. The van der Waals surface area contributed by atoms with E-state index in [2.05, 4.69) is 26.9 Å². The molecule has 0 atom stereocenters. The number of piperazine rings is 1. The van der Waals surface area contributed by atoms with Gasteiger partial charge >= 0.3 is 0 Å². The van der Waals surface area contributed by atoms with Gasteiger partial charge in [-0.1, -0.05) is 12.1 Å². The molecule has 0 saturated carbocycles. The summed E-state index contributed by atoms with van der Waals surface area (Å²) in [6.07, 6.45) is 0.628. The van der Waals surface area contributed by atoms with E-state index in [1.807, 2.05) is 7.05 Å². The number of hydrogen-bond donors (Lipinski definition) is 0. The van der Waals surface area contributed by atoms with Gasteiger partial charge < -0.3 is 14.3 Å². The summed E-state index contributed by atoms with van der Waals surface area (Å²) in [5.74, 6) is 1.37. The third kappa shape index (κ3) is 4.78. The number of nitrogens with zero attached hydrogens (tertiary/aromatic N) is 5. The molecule has 7 heteroatoms. The standard InChI is InChI=1S/C14H25N5O2/c1-4-18-7-9-19(10-8-18)11-14(20)17(3)6-5-13-15-12(2)21-16-13/h4-11H2,1-3H3. The molecule has 0 radical (unpaired) electrons. The van der Waals surface area contributed by atoms with E-state index in [1.54, 1.807) is 11.8 Å². The van der Waals surface area contributed by atoms with Crippen molar-refractivity contribution in [2.75, 3.05) is 52.9 Å². The number of carbonyl (C=O) groups excluding carboxylic acids is 1. The minimum atomic E-state index is 0.153. The van der Waals surface area contributed by atoms with E-state index in [0.717, 1.165) is 32.7 Å². The summed E-state index contributed by atoms with van der Waals surface area (Å²) < 4.78 is 4.92. The summed E-state index contributed by atoms with van der Waals surface area (Å²) in [4.78, 5) is 22.7. The predicted octanol–water partition coefficient (Wildman–Crippen LogP) is 0.0164. The Morgan fingerprint density at radius 2 is 1.95 bits per heavy atom. The fourth-order valence-electron chi connectivity index (χ4n) is 2.41. The van der Waals surface area contributed by atoms with Crippen LogP contribution in [-0.2, 0) is 11.2 Å². The zero-order valence-corrected chi connectivity index (χ0v) is 13.2. The first kappa shape index (κ1) is 15.9. The number of likely N-dealkylation sites (N-methyl/N-ethyl adjacent to an activating group) is 2. The summed E-state index contributed by atoms with van der Waals surface area (Å²) in [6, 6.07) is 0. The molecule has 1 amide bonds. The maximum absolute atomic E-state index is 12.2. The fraction of sp³-hybridized carbons (Fsp3) is 0.786. The monoisotopic (exact) mass is 295 g/mol. The molecule has 0 bridgehead atoms. The van der Waals surface area contributed by atoms with Crippen molar-refractivity contribution in [3.63, 3.8) is 0 Å². The molecule has 0 aliphatic carbocycles. The fourth-order valence-corrected chi connectivity index (χ4v) is 2.41. The number of aryl methyl sites for hydroxylation is 1. The molecule has 21 heavy (non-hydrogen) atoms. The van der Waals surface area contributed by atoms with Crippen LogP contribution in [0.4, 0.5) is 0 Å². The average Bonchev–Trinajstić information content (AvgIpc) is 2.91. The van der Waals surface area contributed by atoms with Crippen molar-refractivity contribution in [2.45, 2.75) is 20.3 Å². The number of carbonyl (C=O) groups is 1. The van der Waals surface area contributed by atoms with Crippen molar-refractivity contribution in [1.29, 1.82) is 0 Å². The van der Waals surface area contributed by atoms with Crippen LogP contribution in [-0.4, -0.2) is 83.6 Å². The number of amides is 1. The second-order valence-corrected chi connectivity index (χ2v) is 5.51. The van der Waals surface area contributed by atoms with E-state index >= 15 is 0 Å². The van der Waals surface area contributed by atoms with Crippen molar-refractivity contribution < 1.29 is 9.32 Å². The van der Waals surface area contributed by atoms with Crippen LogP contribution in [0.25, 0.3) is 0 Å². The molecule has 2 heterocycles. The first-order valence-corrected chi connectivity index (χ1v) is 7.56. The van der Waals surface area contributed by atoms with Crippen molar-refractivity contribution in [2.24, 2.45) is 0 Å². The second-order valence-electron chi connectivity index (χ2n) is 5.51. The van der Waals surface area contributed by atoms with Crippen molar-refractivity contribution in [1.82, 2.24) is 24.8 Å². The molecule has 0 unspecified atom stereocenters. The Hall–Kier alpha value is -1.47.